The second kappa shape index (κ2) is 10.1. The van der Waals surface area contributed by atoms with E-state index in [0.717, 1.165) is 19.3 Å². The third-order valence-corrected chi connectivity index (χ3v) is 6.78. The molecule has 0 aliphatic carbocycles. The number of carbonyl (C=O) groups is 1. The first kappa shape index (κ1) is 22.4. The standard InChI is InChI=1S/C21H25ClN2O5S/c1-2-28-19-10-9-17(14-20(19)30(26,27)24-11-4-3-5-12-24)23-21(25)15-29-18-8-6-7-16(22)13-18/h6-10,13-14H,2-5,11-12,15H2,1H3,(H,23,25). The first-order valence-corrected chi connectivity index (χ1v) is 11.7. The van der Waals surface area contributed by atoms with Crippen molar-refractivity contribution in [2.75, 3.05) is 31.6 Å². The van der Waals surface area contributed by atoms with E-state index in [9.17, 15) is 13.2 Å². The molecule has 0 aromatic heterocycles. The number of hydrogen-bond donors (Lipinski definition) is 1. The average Bonchev–Trinajstić information content (AvgIpc) is 2.74. The van der Waals surface area contributed by atoms with Crippen molar-refractivity contribution in [3.05, 3.63) is 47.5 Å². The van der Waals surface area contributed by atoms with Crippen LogP contribution in [-0.2, 0) is 14.8 Å². The molecule has 30 heavy (non-hydrogen) atoms. The molecule has 3 rings (SSSR count). The molecule has 1 aliphatic heterocycles. The summed E-state index contributed by atoms with van der Waals surface area (Å²) in [5, 5.41) is 3.18. The fraction of sp³-hybridized carbons (Fsp3) is 0.381. The second-order valence-electron chi connectivity index (χ2n) is 6.85. The molecule has 0 bridgehead atoms. The molecule has 162 valence electrons. The van der Waals surface area contributed by atoms with E-state index in [-0.39, 0.29) is 17.3 Å². The summed E-state index contributed by atoms with van der Waals surface area (Å²) in [7, 11) is -3.72. The topological polar surface area (TPSA) is 84.9 Å². The number of carbonyl (C=O) groups excluding carboxylic acids is 1. The van der Waals surface area contributed by atoms with Crippen LogP contribution in [0.1, 0.15) is 26.2 Å². The Hall–Kier alpha value is -2.29. The van der Waals surface area contributed by atoms with Crippen molar-refractivity contribution in [1.82, 2.24) is 4.31 Å². The molecule has 7 nitrogen and oxygen atoms in total. The molecule has 1 heterocycles. The summed E-state index contributed by atoms with van der Waals surface area (Å²) in [4.78, 5) is 12.3. The van der Waals surface area contributed by atoms with Gasteiger partial charge in [-0.3, -0.25) is 4.79 Å². The van der Waals surface area contributed by atoms with Crippen LogP contribution in [0.2, 0.25) is 5.02 Å². The quantitative estimate of drug-likeness (QED) is 0.655. The lowest BCUT2D eigenvalue weighted by Gasteiger charge is -2.27. The van der Waals surface area contributed by atoms with E-state index < -0.39 is 15.9 Å². The zero-order chi connectivity index (χ0) is 21.6. The monoisotopic (exact) mass is 452 g/mol. The van der Waals surface area contributed by atoms with E-state index in [1.54, 1.807) is 43.3 Å². The van der Waals surface area contributed by atoms with Crippen molar-refractivity contribution in [3.63, 3.8) is 0 Å². The van der Waals surface area contributed by atoms with Gasteiger partial charge in [-0.1, -0.05) is 24.1 Å². The van der Waals surface area contributed by atoms with E-state index in [1.807, 2.05) is 0 Å². The van der Waals surface area contributed by atoms with Crippen molar-refractivity contribution in [3.8, 4) is 11.5 Å². The van der Waals surface area contributed by atoms with Crippen LogP contribution in [0.5, 0.6) is 11.5 Å². The number of anilines is 1. The Kier molecular flexibility index (Phi) is 7.58. The molecular formula is C21H25ClN2O5S. The average molecular weight is 453 g/mol. The highest BCUT2D eigenvalue weighted by atomic mass is 35.5. The molecule has 0 unspecified atom stereocenters. The minimum atomic E-state index is -3.72. The Morgan fingerprint density at radius 3 is 2.57 bits per heavy atom. The number of ether oxygens (including phenoxy) is 2. The summed E-state index contributed by atoms with van der Waals surface area (Å²) in [5.41, 5.74) is 0.355. The zero-order valence-corrected chi connectivity index (χ0v) is 18.3. The normalized spacial score (nSPS) is 14.9. The van der Waals surface area contributed by atoms with Crippen LogP contribution in [0.4, 0.5) is 5.69 Å². The maximum Gasteiger partial charge on any atom is 0.262 e. The minimum absolute atomic E-state index is 0.0554. The van der Waals surface area contributed by atoms with Gasteiger partial charge in [0.25, 0.3) is 5.91 Å². The predicted octanol–water partition coefficient (Wildman–Crippen LogP) is 3.93. The fourth-order valence-corrected chi connectivity index (χ4v) is 5.06. The van der Waals surface area contributed by atoms with Crippen LogP contribution < -0.4 is 14.8 Å². The van der Waals surface area contributed by atoms with Crippen LogP contribution in [0.15, 0.2) is 47.4 Å². The molecule has 1 amide bonds. The maximum absolute atomic E-state index is 13.2. The lowest BCUT2D eigenvalue weighted by atomic mass is 10.2. The van der Waals surface area contributed by atoms with Crippen molar-refractivity contribution >= 4 is 33.2 Å². The van der Waals surface area contributed by atoms with Crippen LogP contribution in [0, 0.1) is 0 Å². The summed E-state index contributed by atoms with van der Waals surface area (Å²) in [6.45, 7) is 2.86. The highest BCUT2D eigenvalue weighted by molar-refractivity contribution is 7.89. The van der Waals surface area contributed by atoms with Gasteiger partial charge in [0.2, 0.25) is 10.0 Å². The summed E-state index contributed by atoms with van der Waals surface area (Å²) < 4.78 is 38.8. The maximum atomic E-state index is 13.2. The van der Waals surface area contributed by atoms with Crippen LogP contribution >= 0.6 is 11.6 Å². The number of benzene rings is 2. The summed E-state index contributed by atoms with van der Waals surface area (Å²) in [5.74, 6) is 0.328. The van der Waals surface area contributed by atoms with Gasteiger partial charge >= 0.3 is 0 Å². The fourth-order valence-electron chi connectivity index (χ4n) is 3.21. The van der Waals surface area contributed by atoms with Crippen LogP contribution in [-0.4, -0.2) is 44.9 Å². The molecule has 1 N–H and O–H groups in total. The first-order chi connectivity index (χ1) is 14.4. The molecular weight excluding hydrogens is 428 g/mol. The number of halogens is 1. The smallest absolute Gasteiger partial charge is 0.262 e. The third kappa shape index (κ3) is 5.65. The van der Waals surface area contributed by atoms with Gasteiger partial charge in [-0.05, 0) is 56.2 Å². The molecule has 2 aromatic rings. The number of hydrogen-bond acceptors (Lipinski definition) is 5. The highest BCUT2D eigenvalue weighted by Gasteiger charge is 2.29. The lowest BCUT2D eigenvalue weighted by Crippen LogP contribution is -2.35. The molecule has 1 aliphatic rings. The molecule has 1 fully saturated rings. The minimum Gasteiger partial charge on any atom is -0.492 e. The van der Waals surface area contributed by atoms with Crippen LogP contribution in [0.3, 0.4) is 0 Å². The largest absolute Gasteiger partial charge is 0.492 e. The van der Waals surface area contributed by atoms with Crippen molar-refractivity contribution in [2.45, 2.75) is 31.1 Å². The number of nitrogens with zero attached hydrogens (tertiary/aromatic N) is 1. The van der Waals surface area contributed by atoms with E-state index >= 15 is 0 Å². The molecule has 0 radical (unpaired) electrons. The molecule has 2 aromatic carbocycles. The Morgan fingerprint density at radius 2 is 1.87 bits per heavy atom. The van der Waals surface area contributed by atoms with Gasteiger partial charge in [0.1, 0.15) is 16.4 Å². The van der Waals surface area contributed by atoms with Gasteiger partial charge < -0.3 is 14.8 Å². The Bertz CT molecular complexity index is 991. The summed E-state index contributed by atoms with van der Waals surface area (Å²) in [6, 6.07) is 11.3. The van der Waals surface area contributed by atoms with E-state index in [1.165, 1.54) is 10.4 Å². The van der Waals surface area contributed by atoms with Crippen LogP contribution in [0.25, 0.3) is 0 Å². The number of nitrogens with one attached hydrogen (secondary N) is 1. The lowest BCUT2D eigenvalue weighted by molar-refractivity contribution is -0.118. The van der Waals surface area contributed by atoms with Gasteiger partial charge in [-0.25, -0.2) is 8.42 Å². The SMILES string of the molecule is CCOc1ccc(NC(=O)COc2cccc(Cl)c2)cc1S(=O)(=O)N1CCCCC1. The Morgan fingerprint density at radius 1 is 1.10 bits per heavy atom. The van der Waals surface area contributed by atoms with Crippen molar-refractivity contribution in [2.24, 2.45) is 0 Å². The second-order valence-corrected chi connectivity index (χ2v) is 9.20. The zero-order valence-electron chi connectivity index (χ0n) is 16.8. The van der Waals surface area contributed by atoms with Gasteiger partial charge in [-0.2, -0.15) is 4.31 Å². The molecule has 1 saturated heterocycles. The molecule has 0 atom stereocenters. The summed E-state index contributed by atoms with van der Waals surface area (Å²) in [6.07, 6.45) is 2.69. The van der Waals surface area contributed by atoms with E-state index in [4.69, 9.17) is 21.1 Å². The van der Waals surface area contributed by atoms with Gasteiger partial charge in [0.05, 0.1) is 6.61 Å². The van der Waals surface area contributed by atoms with Gasteiger partial charge in [-0.15, -0.1) is 0 Å². The van der Waals surface area contributed by atoms with E-state index in [0.29, 0.717) is 36.2 Å². The number of sulfonamides is 1. The first-order valence-electron chi connectivity index (χ1n) is 9.85. The molecule has 0 saturated carbocycles. The number of rotatable bonds is 8. The molecule has 9 heteroatoms. The molecule has 0 spiro atoms. The number of amides is 1. The van der Waals surface area contributed by atoms with Gasteiger partial charge in [0, 0.05) is 23.8 Å². The Labute approximate surface area is 182 Å². The summed E-state index contributed by atoms with van der Waals surface area (Å²) >= 11 is 5.90. The third-order valence-electron chi connectivity index (χ3n) is 4.63. The van der Waals surface area contributed by atoms with Gasteiger partial charge in [0.15, 0.2) is 6.61 Å². The van der Waals surface area contributed by atoms with Crippen molar-refractivity contribution in [1.29, 1.82) is 0 Å². The number of piperidine rings is 1. The Balaban J connectivity index is 1.75. The van der Waals surface area contributed by atoms with E-state index in [2.05, 4.69) is 5.32 Å². The highest BCUT2D eigenvalue weighted by Crippen LogP contribution is 2.31. The predicted molar refractivity (Wildman–Crippen MR) is 116 cm³/mol. The van der Waals surface area contributed by atoms with Crippen molar-refractivity contribution < 1.29 is 22.7 Å².